The summed E-state index contributed by atoms with van der Waals surface area (Å²) in [6.45, 7) is 6.59. The molecule has 0 atom stereocenters. The molecule has 4 rings (SSSR count). The summed E-state index contributed by atoms with van der Waals surface area (Å²) in [5.41, 5.74) is 3.06. The topological polar surface area (TPSA) is 72.7 Å². The van der Waals surface area contributed by atoms with Crippen LogP contribution in [0.25, 0.3) is 21.6 Å². The number of hydrogen-bond donors (Lipinski definition) is 1. The summed E-state index contributed by atoms with van der Waals surface area (Å²) in [6, 6.07) is 9.91. The zero-order valence-electron chi connectivity index (χ0n) is 16.0. The van der Waals surface area contributed by atoms with Crippen LogP contribution in [0.2, 0.25) is 0 Å². The number of amides is 1. The Hall–Kier alpha value is -3.06. The molecular weight excluding hydrogens is 370 g/mol. The van der Waals surface area contributed by atoms with Gasteiger partial charge in [-0.15, -0.1) is 11.3 Å². The molecule has 0 radical (unpaired) electrons. The van der Waals surface area contributed by atoms with Crippen molar-refractivity contribution >= 4 is 28.3 Å². The molecule has 4 aromatic rings. The average Bonchev–Trinajstić information content (AvgIpc) is 3.32. The second kappa shape index (κ2) is 7.52. The Labute approximate surface area is 167 Å². The molecule has 0 aliphatic rings. The lowest BCUT2D eigenvalue weighted by Crippen LogP contribution is -2.23. The number of hydrogen-bond acceptors (Lipinski definition) is 5. The summed E-state index contributed by atoms with van der Waals surface area (Å²) in [4.78, 5) is 24.2. The predicted molar refractivity (Wildman–Crippen MR) is 111 cm³/mol. The van der Waals surface area contributed by atoms with Crippen molar-refractivity contribution in [1.29, 1.82) is 0 Å². The summed E-state index contributed by atoms with van der Waals surface area (Å²) >= 11 is 1.66. The van der Waals surface area contributed by atoms with Gasteiger partial charge >= 0.3 is 0 Å². The van der Waals surface area contributed by atoms with Crippen LogP contribution in [-0.2, 0) is 6.54 Å². The molecule has 6 nitrogen and oxygen atoms in total. The molecule has 0 aliphatic heterocycles. The van der Waals surface area contributed by atoms with Crippen molar-refractivity contribution in [2.24, 2.45) is 0 Å². The first-order chi connectivity index (χ1) is 13.5. The molecule has 0 aliphatic carbocycles. The van der Waals surface area contributed by atoms with Crippen LogP contribution in [0.4, 0.5) is 0 Å². The number of thiophene rings is 1. The number of rotatable bonds is 5. The number of nitrogens with one attached hydrogen (secondary N) is 1. The van der Waals surface area contributed by atoms with Gasteiger partial charge in [0, 0.05) is 29.9 Å². The van der Waals surface area contributed by atoms with Crippen molar-refractivity contribution in [3.05, 3.63) is 64.9 Å². The molecule has 1 N–H and O–H groups in total. The minimum atomic E-state index is -0.144. The Morgan fingerprint density at radius 1 is 1.25 bits per heavy atom. The van der Waals surface area contributed by atoms with Crippen molar-refractivity contribution in [3.63, 3.8) is 0 Å². The maximum Gasteiger partial charge on any atom is 0.252 e. The highest BCUT2D eigenvalue weighted by molar-refractivity contribution is 7.15. The molecule has 0 bridgehead atoms. The fourth-order valence-corrected chi connectivity index (χ4v) is 3.89. The van der Waals surface area contributed by atoms with Gasteiger partial charge in [-0.3, -0.25) is 9.78 Å². The van der Waals surface area contributed by atoms with E-state index in [-0.39, 0.29) is 11.9 Å². The van der Waals surface area contributed by atoms with Gasteiger partial charge in [-0.2, -0.15) is 5.10 Å². The van der Waals surface area contributed by atoms with E-state index in [2.05, 4.69) is 42.2 Å². The third-order valence-electron chi connectivity index (χ3n) is 4.47. The van der Waals surface area contributed by atoms with E-state index >= 15 is 0 Å². The van der Waals surface area contributed by atoms with Crippen LogP contribution >= 0.6 is 11.3 Å². The Morgan fingerprint density at radius 2 is 2.11 bits per heavy atom. The van der Waals surface area contributed by atoms with Gasteiger partial charge in [-0.25, -0.2) is 9.67 Å². The van der Waals surface area contributed by atoms with E-state index in [1.165, 1.54) is 4.88 Å². The minimum Gasteiger partial charge on any atom is -0.348 e. The van der Waals surface area contributed by atoms with Crippen LogP contribution in [0.3, 0.4) is 0 Å². The molecule has 4 aromatic heterocycles. The van der Waals surface area contributed by atoms with Gasteiger partial charge in [0.05, 0.1) is 27.7 Å². The standard InChI is InChI=1S/C21H21N5OS/c1-13(2)26-20-17(12-24-26)16(9-18(25-20)19-7-6-14(3)28-19)21(27)23-11-15-5-4-8-22-10-15/h4-10,12-13H,11H2,1-3H3,(H,23,27). The Balaban J connectivity index is 1.76. The first-order valence-electron chi connectivity index (χ1n) is 9.15. The minimum absolute atomic E-state index is 0.144. The van der Waals surface area contributed by atoms with E-state index in [0.717, 1.165) is 27.2 Å². The van der Waals surface area contributed by atoms with Crippen molar-refractivity contribution in [1.82, 2.24) is 25.1 Å². The fraction of sp³-hybridized carbons (Fsp3) is 0.238. The van der Waals surface area contributed by atoms with Gasteiger partial charge in [-0.05, 0) is 50.6 Å². The zero-order chi connectivity index (χ0) is 19.7. The van der Waals surface area contributed by atoms with Crippen LogP contribution in [0, 0.1) is 6.92 Å². The molecule has 0 saturated heterocycles. The third kappa shape index (κ3) is 3.53. The van der Waals surface area contributed by atoms with E-state index in [1.807, 2.05) is 28.9 Å². The third-order valence-corrected chi connectivity index (χ3v) is 5.49. The predicted octanol–water partition coefficient (Wildman–Crippen LogP) is 4.37. The molecule has 142 valence electrons. The number of nitrogens with zero attached hydrogens (tertiary/aromatic N) is 4. The summed E-state index contributed by atoms with van der Waals surface area (Å²) in [5.74, 6) is -0.144. The lowest BCUT2D eigenvalue weighted by molar-refractivity contribution is 0.0952. The van der Waals surface area contributed by atoms with Gasteiger partial charge in [0.15, 0.2) is 5.65 Å². The van der Waals surface area contributed by atoms with Gasteiger partial charge in [-0.1, -0.05) is 6.07 Å². The molecule has 0 aromatic carbocycles. The number of carbonyl (C=O) groups excluding carboxylic acids is 1. The van der Waals surface area contributed by atoms with Crippen molar-refractivity contribution < 1.29 is 4.79 Å². The largest absolute Gasteiger partial charge is 0.348 e. The monoisotopic (exact) mass is 391 g/mol. The summed E-state index contributed by atoms with van der Waals surface area (Å²) in [6.07, 6.45) is 5.19. The first kappa shape index (κ1) is 18.3. The Morgan fingerprint density at radius 3 is 2.79 bits per heavy atom. The highest BCUT2D eigenvalue weighted by Gasteiger charge is 2.19. The molecule has 0 spiro atoms. The van der Waals surface area contributed by atoms with Gasteiger partial charge in [0.1, 0.15) is 0 Å². The second-order valence-corrected chi connectivity index (χ2v) is 8.22. The summed E-state index contributed by atoms with van der Waals surface area (Å²) < 4.78 is 1.86. The smallest absolute Gasteiger partial charge is 0.252 e. The van der Waals surface area contributed by atoms with Crippen molar-refractivity contribution in [2.75, 3.05) is 0 Å². The SMILES string of the molecule is Cc1ccc(-c2cc(C(=O)NCc3cccnc3)c3cnn(C(C)C)c3n2)s1. The van der Waals surface area contributed by atoms with Crippen LogP contribution < -0.4 is 5.32 Å². The van der Waals surface area contributed by atoms with Crippen LogP contribution in [0.1, 0.15) is 40.7 Å². The average molecular weight is 392 g/mol. The van der Waals surface area contributed by atoms with Gasteiger partial charge in [0.25, 0.3) is 5.91 Å². The van der Waals surface area contributed by atoms with Crippen LogP contribution in [0.5, 0.6) is 0 Å². The normalized spacial score (nSPS) is 11.3. The van der Waals surface area contributed by atoms with E-state index < -0.39 is 0 Å². The number of aryl methyl sites for hydroxylation is 1. The Kier molecular flexibility index (Phi) is 4.92. The second-order valence-electron chi connectivity index (χ2n) is 6.93. The summed E-state index contributed by atoms with van der Waals surface area (Å²) in [7, 11) is 0. The van der Waals surface area contributed by atoms with Gasteiger partial charge < -0.3 is 5.32 Å². The van der Waals surface area contributed by atoms with E-state index in [9.17, 15) is 4.79 Å². The van der Waals surface area contributed by atoms with Gasteiger partial charge in [0.2, 0.25) is 0 Å². The number of carbonyl (C=O) groups is 1. The summed E-state index contributed by atoms with van der Waals surface area (Å²) in [5, 5.41) is 8.21. The number of fused-ring (bicyclic) bond motifs is 1. The fourth-order valence-electron chi connectivity index (χ4n) is 3.06. The zero-order valence-corrected chi connectivity index (χ0v) is 16.8. The molecule has 4 heterocycles. The molecule has 0 unspecified atom stereocenters. The molecule has 28 heavy (non-hydrogen) atoms. The maximum atomic E-state index is 13.0. The number of pyridine rings is 2. The first-order valence-corrected chi connectivity index (χ1v) is 9.97. The molecule has 0 saturated carbocycles. The van der Waals surface area contributed by atoms with E-state index in [0.29, 0.717) is 12.1 Å². The molecule has 0 fully saturated rings. The number of aromatic nitrogens is 4. The van der Waals surface area contributed by atoms with Crippen LogP contribution in [-0.4, -0.2) is 25.7 Å². The van der Waals surface area contributed by atoms with Crippen molar-refractivity contribution in [2.45, 2.75) is 33.4 Å². The highest BCUT2D eigenvalue weighted by Crippen LogP contribution is 2.30. The lowest BCUT2D eigenvalue weighted by atomic mass is 10.1. The Bertz CT molecular complexity index is 1130. The quantitative estimate of drug-likeness (QED) is 0.548. The molecule has 1 amide bonds. The molecular formula is C21H21N5OS. The molecule has 7 heteroatoms. The van der Waals surface area contributed by atoms with E-state index in [1.54, 1.807) is 29.9 Å². The lowest BCUT2D eigenvalue weighted by Gasteiger charge is -2.10. The van der Waals surface area contributed by atoms with E-state index in [4.69, 9.17) is 4.98 Å². The highest BCUT2D eigenvalue weighted by atomic mass is 32.1. The van der Waals surface area contributed by atoms with Crippen molar-refractivity contribution in [3.8, 4) is 10.6 Å². The maximum absolute atomic E-state index is 13.0. The van der Waals surface area contributed by atoms with Crippen LogP contribution in [0.15, 0.2) is 48.9 Å².